The molecule has 0 aliphatic rings. The molecule has 0 fully saturated rings. The highest BCUT2D eigenvalue weighted by atomic mass is 16.4. The van der Waals surface area contributed by atoms with Gasteiger partial charge < -0.3 is 5.11 Å². The maximum atomic E-state index is 10.4. The van der Waals surface area contributed by atoms with E-state index in [2.05, 4.69) is 26.3 Å². The van der Waals surface area contributed by atoms with Crippen molar-refractivity contribution in [2.45, 2.75) is 6.42 Å². The summed E-state index contributed by atoms with van der Waals surface area (Å²) in [6, 6.07) is 11.4. The minimum Gasteiger partial charge on any atom is -0.478 e. The average molecular weight is 295 g/mol. The van der Waals surface area contributed by atoms with Crippen molar-refractivity contribution >= 4 is 12.0 Å². The molecule has 0 saturated heterocycles. The maximum Gasteiger partial charge on any atom is 0.331 e. The molecule has 1 rings (SSSR count). The highest BCUT2D eigenvalue weighted by Crippen LogP contribution is 2.05. The van der Waals surface area contributed by atoms with E-state index in [4.69, 9.17) is 10.4 Å². The molecule has 3 nitrogen and oxygen atoms in total. The molecular formula is C19H21NO2. The van der Waals surface area contributed by atoms with Crippen LogP contribution in [0.4, 0.5) is 0 Å². The van der Waals surface area contributed by atoms with Crippen LogP contribution in [0.2, 0.25) is 0 Å². The molecule has 0 amide bonds. The van der Waals surface area contributed by atoms with Crippen LogP contribution in [0.25, 0.3) is 6.08 Å². The normalized spacial score (nSPS) is 8.14. The molecule has 1 N–H and O–H groups in total. The minimum atomic E-state index is -0.942. The van der Waals surface area contributed by atoms with Gasteiger partial charge >= 0.3 is 5.97 Å². The van der Waals surface area contributed by atoms with Crippen molar-refractivity contribution < 1.29 is 9.90 Å². The summed E-state index contributed by atoms with van der Waals surface area (Å²) >= 11 is 0. The van der Waals surface area contributed by atoms with Gasteiger partial charge in [0.2, 0.25) is 0 Å². The standard InChI is InChI=1S/C12H12O2.C4H6.C3H3N/c1-10(12(13)14)6-5-9-11-7-3-2-4-8-11;1-3-4-2;1-2-3-4/h2-5,7-9H,1,6H2,(H,13,14);3-4H,1-2H2;2H,1H2. The molecule has 3 heteroatoms. The van der Waals surface area contributed by atoms with Crippen molar-refractivity contribution in [1.29, 1.82) is 5.26 Å². The van der Waals surface area contributed by atoms with Crippen LogP contribution in [0.1, 0.15) is 12.0 Å². The van der Waals surface area contributed by atoms with E-state index >= 15 is 0 Å². The van der Waals surface area contributed by atoms with E-state index in [1.807, 2.05) is 36.4 Å². The van der Waals surface area contributed by atoms with Crippen LogP contribution < -0.4 is 0 Å². The van der Waals surface area contributed by atoms with Crippen LogP contribution in [0.15, 0.2) is 86.5 Å². The number of hydrogen-bond acceptors (Lipinski definition) is 2. The fourth-order valence-electron chi connectivity index (χ4n) is 0.989. The van der Waals surface area contributed by atoms with Gasteiger partial charge in [-0.2, -0.15) is 5.26 Å². The molecule has 0 aromatic heterocycles. The lowest BCUT2D eigenvalue weighted by atomic mass is 10.1. The SMILES string of the molecule is C=C(CC=Cc1ccccc1)C(=O)O.C=CC#N.C=CC=C. The second-order valence-corrected chi connectivity index (χ2v) is 3.73. The van der Waals surface area contributed by atoms with E-state index in [1.165, 1.54) is 6.08 Å². The number of carbonyl (C=O) groups is 1. The molecule has 1 aromatic rings. The van der Waals surface area contributed by atoms with Crippen LogP contribution in [-0.4, -0.2) is 11.1 Å². The smallest absolute Gasteiger partial charge is 0.331 e. The van der Waals surface area contributed by atoms with Crippen molar-refractivity contribution in [3.8, 4) is 6.07 Å². The highest BCUT2D eigenvalue weighted by Gasteiger charge is 1.99. The maximum absolute atomic E-state index is 10.4. The first-order valence-corrected chi connectivity index (χ1v) is 6.40. The number of nitriles is 1. The predicted octanol–water partition coefficient (Wildman–Crippen LogP) is 4.79. The fraction of sp³-hybridized carbons (Fsp3) is 0.0526. The Morgan fingerprint density at radius 2 is 1.68 bits per heavy atom. The Morgan fingerprint density at radius 3 is 2.05 bits per heavy atom. The third-order valence-electron chi connectivity index (χ3n) is 2.03. The summed E-state index contributed by atoms with van der Waals surface area (Å²) in [5.41, 5.74) is 1.27. The number of rotatable bonds is 5. The molecule has 0 unspecified atom stereocenters. The quantitative estimate of drug-likeness (QED) is 0.483. The first-order chi connectivity index (χ1) is 10.5. The molecule has 0 aliphatic carbocycles. The molecule has 22 heavy (non-hydrogen) atoms. The van der Waals surface area contributed by atoms with Crippen molar-refractivity contribution in [2.24, 2.45) is 0 Å². The van der Waals surface area contributed by atoms with E-state index in [0.29, 0.717) is 6.42 Å². The second kappa shape index (κ2) is 15.9. The van der Waals surface area contributed by atoms with Gasteiger partial charge in [0.05, 0.1) is 6.07 Å². The Hall–Kier alpha value is -3.12. The van der Waals surface area contributed by atoms with E-state index in [0.717, 1.165) is 5.56 Å². The number of allylic oxidation sites excluding steroid dienone is 4. The molecule has 0 atom stereocenters. The van der Waals surface area contributed by atoms with E-state index < -0.39 is 5.97 Å². The second-order valence-electron chi connectivity index (χ2n) is 3.73. The highest BCUT2D eigenvalue weighted by molar-refractivity contribution is 5.86. The van der Waals surface area contributed by atoms with Gasteiger partial charge in [-0.05, 0) is 12.0 Å². The lowest BCUT2D eigenvalue weighted by Gasteiger charge is -1.93. The van der Waals surface area contributed by atoms with Gasteiger partial charge in [0.25, 0.3) is 0 Å². The predicted molar refractivity (Wildman–Crippen MR) is 93.1 cm³/mol. The van der Waals surface area contributed by atoms with Gasteiger partial charge in [-0.1, -0.05) is 81.0 Å². The Bertz CT molecular complexity index is 543. The van der Waals surface area contributed by atoms with Gasteiger partial charge in [-0.25, -0.2) is 4.79 Å². The minimum absolute atomic E-state index is 0.206. The Kier molecular flexibility index (Phi) is 15.3. The third kappa shape index (κ3) is 14.9. The number of hydrogen-bond donors (Lipinski definition) is 1. The summed E-state index contributed by atoms with van der Waals surface area (Å²) in [7, 11) is 0. The van der Waals surface area contributed by atoms with Gasteiger partial charge in [0.1, 0.15) is 0 Å². The van der Waals surface area contributed by atoms with Gasteiger partial charge in [0.15, 0.2) is 0 Å². The van der Waals surface area contributed by atoms with Crippen molar-refractivity contribution in [1.82, 2.24) is 0 Å². The Balaban J connectivity index is 0. The average Bonchev–Trinajstić information content (AvgIpc) is 2.56. The van der Waals surface area contributed by atoms with Crippen molar-refractivity contribution in [3.05, 3.63) is 92.1 Å². The number of aliphatic carboxylic acids is 1. The summed E-state index contributed by atoms with van der Waals surface area (Å²) in [6.45, 7) is 13.3. The molecule has 0 heterocycles. The summed E-state index contributed by atoms with van der Waals surface area (Å²) in [5.74, 6) is -0.942. The molecule has 0 saturated carbocycles. The third-order valence-corrected chi connectivity index (χ3v) is 2.03. The molecule has 1 aromatic carbocycles. The Labute approximate surface area is 132 Å². The summed E-state index contributed by atoms with van der Waals surface area (Å²) in [6.07, 6.45) is 8.52. The largest absolute Gasteiger partial charge is 0.478 e. The molecule has 114 valence electrons. The number of carboxylic acid groups (broad SMARTS) is 1. The van der Waals surface area contributed by atoms with E-state index in [1.54, 1.807) is 24.3 Å². The first-order valence-electron chi connectivity index (χ1n) is 6.40. The lowest BCUT2D eigenvalue weighted by molar-refractivity contribution is -0.132. The summed E-state index contributed by atoms with van der Waals surface area (Å²) in [5, 5.41) is 16.1. The van der Waals surface area contributed by atoms with E-state index in [9.17, 15) is 4.79 Å². The Morgan fingerprint density at radius 1 is 1.18 bits per heavy atom. The van der Waals surface area contributed by atoms with Crippen molar-refractivity contribution in [2.75, 3.05) is 0 Å². The number of carboxylic acids is 1. The lowest BCUT2D eigenvalue weighted by Crippen LogP contribution is -1.96. The summed E-state index contributed by atoms with van der Waals surface area (Å²) < 4.78 is 0. The van der Waals surface area contributed by atoms with Crippen LogP contribution in [0.3, 0.4) is 0 Å². The zero-order valence-corrected chi connectivity index (χ0v) is 12.6. The van der Waals surface area contributed by atoms with Gasteiger partial charge in [-0.15, -0.1) is 0 Å². The molecular weight excluding hydrogens is 274 g/mol. The van der Waals surface area contributed by atoms with Crippen LogP contribution in [0.5, 0.6) is 0 Å². The molecule has 0 aliphatic heterocycles. The van der Waals surface area contributed by atoms with Crippen molar-refractivity contribution in [3.63, 3.8) is 0 Å². The number of benzene rings is 1. The summed E-state index contributed by atoms with van der Waals surface area (Å²) in [4.78, 5) is 10.4. The molecule has 0 radical (unpaired) electrons. The molecule has 0 spiro atoms. The zero-order chi connectivity index (χ0) is 17.2. The zero-order valence-electron chi connectivity index (χ0n) is 12.6. The fourth-order valence-corrected chi connectivity index (χ4v) is 0.989. The molecule has 0 bridgehead atoms. The van der Waals surface area contributed by atoms with Gasteiger partial charge in [0, 0.05) is 11.6 Å². The first kappa shape index (κ1) is 21.2. The monoisotopic (exact) mass is 295 g/mol. The van der Waals surface area contributed by atoms with E-state index in [-0.39, 0.29) is 5.57 Å². The van der Waals surface area contributed by atoms with Crippen LogP contribution in [0, 0.1) is 11.3 Å². The van der Waals surface area contributed by atoms with Gasteiger partial charge in [-0.3, -0.25) is 0 Å². The van der Waals surface area contributed by atoms with Crippen LogP contribution in [-0.2, 0) is 4.79 Å². The van der Waals surface area contributed by atoms with Crippen LogP contribution >= 0.6 is 0 Å². The topological polar surface area (TPSA) is 61.1 Å². The number of nitrogens with zero attached hydrogens (tertiary/aromatic N) is 1.